The molecule has 8 heterocycles. The van der Waals surface area contributed by atoms with Crippen molar-refractivity contribution in [1.82, 2.24) is 57.8 Å². The highest BCUT2D eigenvalue weighted by molar-refractivity contribution is 6.37. The molecule has 8 aromatic heterocycles. The van der Waals surface area contributed by atoms with E-state index < -0.39 is 0 Å². The van der Waals surface area contributed by atoms with Crippen LogP contribution in [0.4, 0.5) is 0 Å². The molecule has 0 aliphatic heterocycles. The molecule has 14 heteroatoms. The van der Waals surface area contributed by atoms with E-state index in [4.69, 9.17) is 29.0 Å². The Balaban J connectivity index is 0.000000138. The minimum absolute atomic E-state index is 0.381. The van der Waals surface area contributed by atoms with Crippen LogP contribution in [0, 0.1) is 0 Å². The lowest BCUT2D eigenvalue weighted by molar-refractivity contribution is 0.543. The fourth-order valence-corrected chi connectivity index (χ4v) is 21.2. The average molecular weight is 1740 g/mol. The van der Waals surface area contributed by atoms with Crippen molar-refractivity contribution in [2.45, 2.75) is 0 Å². The maximum atomic E-state index is 6.74. The number of hydrogen-bond acceptors (Lipinski definition) is 8. The van der Waals surface area contributed by atoms with Gasteiger partial charge in [0.25, 0.3) is 0 Å². The first-order valence-electron chi connectivity index (χ1n) is 45.7. The van der Waals surface area contributed by atoms with Gasteiger partial charge in [-0.2, -0.15) is 0 Å². The van der Waals surface area contributed by atoms with Crippen LogP contribution in [0.15, 0.2) is 471 Å². The molecule has 28 aromatic rings. The molecule has 0 atom stereocenters. The number of hydrogen-bond donors (Lipinski definition) is 0. The Morgan fingerprint density at radius 1 is 0.191 bits per heavy atom. The summed E-state index contributed by atoms with van der Waals surface area (Å²) in [5, 5.41) is 37.2. The molecule has 0 saturated heterocycles. The van der Waals surface area contributed by atoms with Crippen molar-refractivity contribution in [2.75, 3.05) is 0 Å². The van der Waals surface area contributed by atoms with Crippen molar-refractivity contribution >= 4 is 108 Å². The summed E-state index contributed by atoms with van der Waals surface area (Å²) in [7, 11) is 0. The number of rotatable bonds is 16. The summed E-state index contributed by atoms with van der Waals surface area (Å²) >= 11 is 0. The Kier molecular flexibility index (Phi) is 18.0. The zero-order valence-electron chi connectivity index (χ0n) is 73.1. The lowest BCUT2D eigenvalue weighted by Gasteiger charge is -2.16. The highest BCUT2D eigenvalue weighted by Gasteiger charge is 2.34. The molecule has 0 unspecified atom stereocenters. The third kappa shape index (κ3) is 12.4. The molecule has 0 N–H and O–H groups in total. The third-order valence-corrected chi connectivity index (χ3v) is 26.9. The second kappa shape index (κ2) is 31.6. The smallest absolute Gasteiger partial charge is 0.327 e. The van der Waals surface area contributed by atoms with Crippen LogP contribution in [0.1, 0.15) is 0 Å². The summed E-state index contributed by atoms with van der Waals surface area (Å²) in [6.07, 6.45) is 8.19. The van der Waals surface area contributed by atoms with Gasteiger partial charge >= 0.3 is 12.0 Å². The predicted octanol–water partition coefficient (Wildman–Crippen LogP) is 30.8. The Morgan fingerprint density at radius 2 is 0.412 bits per heavy atom. The maximum absolute atomic E-state index is 6.74. The van der Waals surface area contributed by atoms with E-state index in [1.54, 1.807) is 0 Å². The summed E-state index contributed by atoms with van der Waals surface area (Å²) in [5.74, 6) is 2.59. The van der Waals surface area contributed by atoms with Crippen LogP contribution in [-0.4, -0.2) is 57.8 Å². The quantitative estimate of drug-likeness (QED) is 0.0874. The van der Waals surface area contributed by atoms with Gasteiger partial charge in [-0.3, -0.25) is 18.3 Å². The van der Waals surface area contributed by atoms with Crippen LogP contribution < -0.4 is 0 Å². The summed E-state index contributed by atoms with van der Waals surface area (Å²) in [6.45, 7) is 0. The zero-order valence-corrected chi connectivity index (χ0v) is 73.1. The van der Waals surface area contributed by atoms with Crippen molar-refractivity contribution < 1.29 is 8.83 Å². The SMILES string of the molecule is c1ccc(-c2c(-c3ccccc3)n(-c3cn(-c4ccccc4)cn3)c3c2cc2ccc4c5c(ccc3c25)cc2c(-c3ccccc3)c(-c3ccccc3)n(-c3cn(-c5ccccc5)cn3)c24)cc1.c1ccc(-c2nnc(-n3c(-c4ccccc4)c(-c4ccccc4)c4cc5ccc6c7c(ccc(c57)c43)cc3c(-c4ccccc4)c(-c4ccccc4)n(-c4nnc(-c5ccccc5)o4)c36)o2)cc1. The van der Waals surface area contributed by atoms with Crippen molar-refractivity contribution in [3.05, 3.63) is 462 Å². The Bertz CT molecular complexity index is 8310. The van der Waals surface area contributed by atoms with Gasteiger partial charge in [0.15, 0.2) is 11.6 Å². The number of imidazole rings is 2. The van der Waals surface area contributed by atoms with Crippen LogP contribution >= 0.6 is 0 Å². The lowest BCUT2D eigenvalue weighted by atomic mass is 9.89. The van der Waals surface area contributed by atoms with Crippen LogP contribution in [-0.2, 0) is 0 Å². The molecule has 28 rings (SSSR count). The molecule has 14 nitrogen and oxygen atoms in total. The van der Waals surface area contributed by atoms with E-state index in [0.717, 1.165) is 178 Å². The van der Waals surface area contributed by atoms with E-state index in [2.05, 4.69) is 402 Å². The average Bonchev–Trinajstić information content (AvgIpc) is 1.50. The minimum Gasteiger partial charge on any atom is -0.403 e. The van der Waals surface area contributed by atoms with Gasteiger partial charge in [-0.25, -0.2) is 9.97 Å². The fraction of sp³-hybridized carbons (Fsp3) is 0. The largest absolute Gasteiger partial charge is 0.403 e. The van der Waals surface area contributed by atoms with Gasteiger partial charge in [-0.1, -0.05) is 374 Å². The number of nitrogens with zero attached hydrogens (tertiary/aromatic N) is 12. The highest BCUT2D eigenvalue weighted by Crippen LogP contribution is 2.56. The highest BCUT2D eigenvalue weighted by atomic mass is 16.4. The monoisotopic (exact) mass is 1740 g/mol. The summed E-state index contributed by atoms with van der Waals surface area (Å²) in [4.78, 5) is 10.4. The molecule has 0 aliphatic rings. The second-order valence-electron chi connectivity index (χ2n) is 34.6. The standard InChI is InChI=1S/C62H40N6.C60H36N6O2/c1-7-19-41(20-8-1)57-51-35-45-31-34-50-56-46(32-33-49(55(45)56)61(51)67(59(57)43-23-11-3-12-24-43)53-37-65(39-63-53)47-27-15-5-16-28-47)36-52-58(42-21-9-2-10-22-42)60(44-25-13-4-14-26-44)68(62(50)52)54-38-66(40-64-54)48-29-17-6-18-30-48;1-7-19-37(20-8-1)51-47-35-43-31-34-46-50-44(32-33-45(49(43)50)55(47)65(53(51)39-23-11-3-12-24-39)59-63-61-57(67-59)41-27-15-5-16-28-41)36-48-52(38-21-9-2-10-22-38)54(40-25-13-4-14-26-40)66(56(46)48)60-64-62-58(68-60)42-29-17-6-18-30-42/h1-40H;1-36H. The van der Waals surface area contributed by atoms with Crippen molar-refractivity contribution in [1.29, 1.82) is 0 Å². The maximum Gasteiger partial charge on any atom is 0.327 e. The van der Waals surface area contributed by atoms with Crippen molar-refractivity contribution in [2.24, 2.45) is 0 Å². The van der Waals surface area contributed by atoms with E-state index in [1.807, 2.05) is 97.6 Å². The predicted molar refractivity (Wildman–Crippen MR) is 552 cm³/mol. The molecule has 20 aromatic carbocycles. The van der Waals surface area contributed by atoms with E-state index in [-0.39, 0.29) is 0 Å². The normalized spacial score (nSPS) is 11.8. The molecule has 0 saturated carbocycles. The zero-order chi connectivity index (χ0) is 89.4. The summed E-state index contributed by atoms with van der Waals surface area (Å²) in [5.41, 5.74) is 25.4. The molecule has 0 spiro atoms. The van der Waals surface area contributed by atoms with Crippen LogP contribution in [0.25, 0.3) is 256 Å². The third-order valence-electron chi connectivity index (χ3n) is 26.9. The molecule has 0 fully saturated rings. The van der Waals surface area contributed by atoms with Gasteiger partial charge in [-0.05, 0) is 160 Å². The number of aromatic nitrogens is 12. The molecular weight excluding hydrogens is 1670 g/mol. The van der Waals surface area contributed by atoms with Crippen molar-refractivity contribution in [3.8, 4) is 147 Å². The van der Waals surface area contributed by atoms with E-state index in [1.165, 1.54) is 54.2 Å². The molecule has 0 bridgehead atoms. The van der Waals surface area contributed by atoms with Gasteiger partial charge in [0.1, 0.15) is 12.7 Å². The van der Waals surface area contributed by atoms with Crippen LogP contribution in [0.2, 0.25) is 0 Å². The fourth-order valence-electron chi connectivity index (χ4n) is 21.2. The van der Waals surface area contributed by atoms with E-state index in [0.29, 0.717) is 23.8 Å². The van der Waals surface area contributed by atoms with Gasteiger partial charge in [-0.15, -0.1) is 10.2 Å². The van der Waals surface area contributed by atoms with E-state index in [9.17, 15) is 0 Å². The molecular formula is C122H76N12O2. The Labute approximate surface area is 779 Å². The summed E-state index contributed by atoms with van der Waals surface area (Å²) in [6, 6.07) is 155. The Morgan fingerprint density at radius 3 is 0.669 bits per heavy atom. The van der Waals surface area contributed by atoms with Crippen molar-refractivity contribution in [3.63, 3.8) is 0 Å². The first-order valence-corrected chi connectivity index (χ1v) is 45.7. The van der Waals surface area contributed by atoms with Crippen LogP contribution in [0.3, 0.4) is 0 Å². The van der Waals surface area contributed by atoms with Gasteiger partial charge in [0.2, 0.25) is 11.8 Å². The first-order chi connectivity index (χ1) is 67.5. The number of benzene rings is 20. The second-order valence-corrected chi connectivity index (χ2v) is 34.6. The summed E-state index contributed by atoms with van der Waals surface area (Å²) < 4.78 is 26.9. The topological polar surface area (TPSA) is 133 Å². The lowest BCUT2D eigenvalue weighted by Crippen LogP contribution is -2.00. The van der Waals surface area contributed by atoms with Gasteiger partial charge in [0, 0.05) is 87.8 Å². The van der Waals surface area contributed by atoms with Crippen LogP contribution in [0.5, 0.6) is 0 Å². The number of fused-ring (bicyclic) bond motifs is 8. The van der Waals surface area contributed by atoms with Gasteiger partial charge < -0.3 is 18.0 Å². The molecule has 0 amide bonds. The molecule has 136 heavy (non-hydrogen) atoms. The molecule has 0 aliphatic carbocycles. The first kappa shape index (κ1) is 77.3. The molecule has 636 valence electrons. The minimum atomic E-state index is 0.381. The molecule has 0 radical (unpaired) electrons. The van der Waals surface area contributed by atoms with E-state index >= 15 is 0 Å². The Hall–Kier alpha value is -18.7. The van der Waals surface area contributed by atoms with Gasteiger partial charge in [0.05, 0.1) is 57.2 Å². The number of para-hydroxylation sites is 2.